The molecular weight excluding hydrogens is 268 g/mol. The van der Waals surface area contributed by atoms with Crippen molar-refractivity contribution in [2.75, 3.05) is 25.1 Å². The Bertz CT molecular complexity index is 527. The molecule has 21 heavy (non-hydrogen) atoms. The van der Waals surface area contributed by atoms with E-state index in [1.54, 1.807) is 7.11 Å². The third-order valence-electron chi connectivity index (χ3n) is 4.61. The predicted octanol–water partition coefficient (Wildman–Crippen LogP) is 1.72. The van der Waals surface area contributed by atoms with E-state index in [1.165, 1.54) is 0 Å². The Balaban J connectivity index is 1.66. The fourth-order valence-electron chi connectivity index (χ4n) is 3.37. The molecule has 5 heteroatoms. The molecule has 5 nitrogen and oxygen atoms in total. The summed E-state index contributed by atoms with van der Waals surface area (Å²) in [5.74, 6) is 0.607. The lowest BCUT2D eigenvalue weighted by Crippen LogP contribution is -2.50. The highest BCUT2D eigenvalue weighted by molar-refractivity contribution is 5.98. The van der Waals surface area contributed by atoms with Crippen LogP contribution < -0.4 is 15.0 Å². The third kappa shape index (κ3) is 2.86. The summed E-state index contributed by atoms with van der Waals surface area (Å²) in [6.45, 7) is 1.76. The molecule has 3 rings (SSSR count). The first kappa shape index (κ1) is 13.9. The van der Waals surface area contributed by atoms with E-state index in [2.05, 4.69) is 22.3 Å². The molecule has 2 amide bonds. The van der Waals surface area contributed by atoms with Crippen LogP contribution >= 0.6 is 0 Å². The quantitative estimate of drug-likeness (QED) is 0.842. The van der Waals surface area contributed by atoms with Gasteiger partial charge in [-0.15, -0.1) is 0 Å². The molecule has 2 aliphatic rings. The third-order valence-corrected chi connectivity index (χ3v) is 4.61. The van der Waals surface area contributed by atoms with Crippen LogP contribution in [0, 0.1) is 5.41 Å². The van der Waals surface area contributed by atoms with E-state index in [0.717, 1.165) is 37.4 Å². The monoisotopic (exact) mass is 288 g/mol. The van der Waals surface area contributed by atoms with Gasteiger partial charge in [-0.3, -0.25) is 14.9 Å². The van der Waals surface area contributed by atoms with Gasteiger partial charge in [-0.1, -0.05) is 0 Å². The van der Waals surface area contributed by atoms with Gasteiger partial charge >= 0.3 is 0 Å². The molecule has 112 valence electrons. The smallest absolute Gasteiger partial charge is 0.227 e. The molecule has 2 aliphatic heterocycles. The molecule has 0 aromatic heterocycles. The van der Waals surface area contributed by atoms with Gasteiger partial charge in [0.2, 0.25) is 11.8 Å². The number of carbonyl (C=O) groups excluding carboxylic acids is 2. The lowest BCUT2D eigenvalue weighted by Gasteiger charge is -2.43. The van der Waals surface area contributed by atoms with Gasteiger partial charge in [0.1, 0.15) is 5.75 Å². The van der Waals surface area contributed by atoms with Crippen molar-refractivity contribution in [3.05, 3.63) is 24.3 Å². The van der Waals surface area contributed by atoms with E-state index >= 15 is 0 Å². The highest BCUT2D eigenvalue weighted by atomic mass is 16.5. The standard InChI is InChI=1S/C16H20N2O3/c1-21-13-4-2-12(3-5-13)18-8-6-16(7-9-18)10-14(19)17-15(20)11-16/h2-5H,6-11H2,1H3,(H,17,19,20). The molecule has 1 aromatic rings. The first-order valence-electron chi connectivity index (χ1n) is 7.32. The van der Waals surface area contributed by atoms with Gasteiger partial charge in [0.25, 0.3) is 0 Å². The number of methoxy groups -OCH3 is 1. The zero-order valence-corrected chi connectivity index (χ0v) is 12.2. The van der Waals surface area contributed by atoms with E-state index in [9.17, 15) is 9.59 Å². The Labute approximate surface area is 124 Å². The molecule has 0 radical (unpaired) electrons. The maximum absolute atomic E-state index is 11.6. The number of rotatable bonds is 2. The number of piperidine rings is 2. The first-order chi connectivity index (χ1) is 10.1. The van der Waals surface area contributed by atoms with Crippen molar-refractivity contribution in [1.82, 2.24) is 5.32 Å². The summed E-state index contributed by atoms with van der Waals surface area (Å²) in [5.41, 5.74) is 1.04. The number of carbonyl (C=O) groups is 2. The lowest BCUT2D eigenvalue weighted by molar-refractivity contribution is -0.138. The summed E-state index contributed by atoms with van der Waals surface area (Å²) < 4.78 is 5.17. The number of amides is 2. The molecule has 0 saturated carbocycles. The van der Waals surface area contributed by atoms with E-state index in [-0.39, 0.29) is 17.2 Å². The lowest BCUT2D eigenvalue weighted by atomic mass is 9.71. The number of nitrogens with one attached hydrogen (secondary N) is 1. The van der Waals surface area contributed by atoms with E-state index in [0.29, 0.717) is 12.8 Å². The normalized spacial score (nSPS) is 21.3. The molecule has 0 unspecified atom stereocenters. The van der Waals surface area contributed by atoms with E-state index in [1.807, 2.05) is 12.1 Å². The van der Waals surface area contributed by atoms with Gasteiger partial charge in [0, 0.05) is 31.6 Å². The summed E-state index contributed by atoms with van der Waals surface area (Å²) >= 11 is 0. The Morgan fingerprint density at radius 1 is 1.05 bits per heavy atom. The number of nitrogens with zero attached hydrogens (tertiary/aromatic N) is 1. The van der Waals surface area contributed by atoms with Gasteiger partial charge in [-0.25, -0.2) is 0 Å². The Kier molecular flexibility index (Phi) is 3.57. The second-order valence-corrected chi connectivity index (χ2v) is 6.01. The van der Waals surface area contributed by atoms with Crippen LogP contribution in [0.15, 0.2) is 24.3 Å². The van der Waals surface area contributed by atoms with Crippen LogP contribution in [0.4, 0.5) is 5.69 Å². The topological polar surface area (TPSA) is 58.6 Å². The van der Waals surface area contributed by atoms with Crippen molar-refractivity contribution < 1.29 is 14.3 Å². The van der Waals surface area contributed by atoms with Crippen LogP contribution in [0.2, 0.25) is 0 Å². The summed E-state index contributed by atoms with van der Waals surface area (Å²) in [6, 6.07) is 8.01. The maximum atomic E-state index is 11.6. The van der Waals surface area contributed by atoms with Crippen LogP contribution in [0.25, 0.3) is 0 Å². The SMILES string of the molecule is COc1ccc(N2CCC3(CC2)CC(=O)NC(=O)C3)cc1. The number of imide groups is 1. The van der Waals surface area contributed by atoms with Crippen molar-refractivity contribution >= 4 is 17.5 Å². The minimum absolute atomic E-state index is 0.121. The molecule has 2 fully saturated rings. The van der Waals surface area contributed by atoms with E-state index in [4.69, 9.17) is 4.74 Å². The average molecular weight is 288 g/mol. The van der Waals surface area contributed by atoms with Gasteiger partial charge in [0.15, 0.2) is 0 Å². The van der Waals surface area contributed by atoms with Crippen molar-refractivity contribution in [2.45, 2.75) is 25.7 Å². The highest BCUT2D eigenvalue weighted by Crippen LogP contribution is 2.41. The number of hydrogen-bond acceptors (Lipinski definition) is 4. The number of hydrogen-bond donors (Lipinski definition) is 1. The van der Waals surface area contributed by atoms with Gasteiger partial charge in [-0.05, 0) is 42.5 Å². The van der Waals surface area contributed by atoms with Crippen molar-refractivity contribution in [2.24, 2.45) is 5.41 Å². The highest BCUT2D eigenvalue weighted by Gasteiger charge is 2.41. The minimum atomic E-state index is -0.123. The molecule has 1 aromatic carbocycles. The van der Waals surface area contributed by atoms with E-state index < -0.39 is 0 Å². The summed E-state index contributed by atoms with van der Waals surface area (Å²) in [6.07, 6.45) is 2.74. The number of ether oxygens (including phenoxy) is 1. The zero-order chi connectivity index (χ0) is 14.9. The molecule has 0 aliphatic carbocycles. The molecule has 1 spiro atoms. The Hall–Kier alpha value is -2.04. The molecule has 0 atom stereocenters. The van der Waals surface area contributed by atoms with Crippen LogP contribution in [0.1, 0.15) is 25.7 Å². The van der Waals surface area contributed by atoms with Crippen molar-refractivity contribution in [3.63, 3.8) is 0 Å². The second-order valence-electron chi connectivity index (χ2n) is 6.01. The predicted molar refractivity (Wildman–Crippen MR) is 79.3 cm³/mol. The van der Waals surface area contributed by atoms with Crippen LogP contribution in [0.3, 0.4) is 0 Å². The number of benzene rings is 1. The molecule has 2 heterocycles. The van der Waals surface area contributed by atoms with Crippen molar-refractivity contribution in [1.29, 1.82) is 0 Å². The largest absolute Gasteiger partial charge is 0.497 e. The molecular formula is C16H20N2O3. The summed E-state index contributed by atoms with van der Waals surface area (Å²) in [5, 5.41) is 2.40. The van der Waals surface area contributed by atoms with Crippen LogP contribution in [-0.2, 0) is 9.59 Å². The minimum Gasteiger partial charge on any atom is -0.497 e. The van der Waals surface area contributed by atoms with Crippen LogP contribution in [0.5, 0.6) is 5.75 Å². The van der Waals surface area contributed by atoms with Crippen molar-refractivity contribution in [3.8, 4) is 5.75 Å². The first-order valence-corrected chi connectivity index (χ1v) is 7.32. The molecule has 2 saturated heterocycles. The zero-order valence-electron chi connectivity index (χ0n) is 12.2. The van der Waals surface area contributed by atoms with Gasteiger partial charge in [0.05, 0.1) is 7.11 Å². The summed E-state index contributed by atoms with van der Waals surface area (Å²) in [4.78, 5) is 25.5. The second kappa shape index (κ2) is 5.39. The summed E-state index contributed by atoms with van der Waals surface area (Å²) in [7, 11) is 1.66. The van der Waals surface area contributed by atoms with Gasteiger partial charge < -0.3 is 9.64 Å². The fraction of sp³-hybridized carbons (Fsp3) is 0.500. The maximum Gasteiger partial charge on any atom is 0.227 e. The van der Waals surface area contributed by atoms with Crippen LogP contribution in [-0.4, -0.2) is 32.0 Å². The molecule has 1 N–H and O–H groups in total. The fourth-order valence-corrected chi connectivity index (χ4v) is 3.37. The number of anilines is 1. The Morgan fingerprint density at radius 2 is 1.62 bits per heavy atom. The molecule has 0 bridgehead atoms. The van der Waals surface area contributed by atoms with Gasteiger partial charge in [-0.2, -0.15) is 0 Å². The Morgan fingerprint density at radius 3 is 2.14 bits per heavy atom. The average Bonchev–Trinajstić information content (AvgIpc) is 2.47.